The molecule has 0 radical (unpaired) electrons. The van der Waals surface area contributed by atoms with E-state index >= 15 is 0 Å². The van der Waals surface area contributed by atoms with Crippen LogP contribution in [-0.4, -0.2) is 35.3 Å². The van der Waals surface area contributed by atoms with Crippen LogP contribution in [0, 0.1) is 0 Å². The maximum Gasteiger partial charge on any atom is 0.299 e. The van der Waals surface area contributed by atoms with Crippen molar-refractivity contribution in [2.75, 3.05) is 0 Å². The second-order valence-electron chi connectivity index (χ2n) is 1.12. The van der Waals surface area contributed by atoms with E-state index in [0.717, 1.165) is 0 Å². The van der Waals surface area contributed by atoms with Gasteiger partial charge in [0.2, 0.25) is 0 Å². The lowest BCUT2D eigenvalue weighted by atomic mass is 10.5. The summed E-state index contributed by atoms with van der Waals surface area (Å²) in [6, 6.07) is 0. The lowest BCUT2D eigenvalue weighted by Crippen LogP contribution is -1.99. The Hall–Kier alpha value is -0.0500. The smallest absolute Gasteiger partial charge is 0.299 e. The largest absolute Gasteiger partial charge is 0.412 e. The van der Waals surface area contributed by atoms with Crippen LogP contribution in [-0.2, 0) is 11.4 Å². The summed E-state index contributed by atoms with van der Waals surface area (Å²) in [5, 5.41) is 15.8. The Labute approximate surface area is 60.9 Å². The predicted octanol–water partition coefficient (Wildman–Crippen LogP) is -1.44. The Bertz CT molecular complexity index is 69.4. The fraction of sp³-hybridized carbons (Fsp3) is 1.00. The van der Waals surface area contributed by atoms with E-state index in [2.05, 4.69) is 0 Å². The standard InChI is InChI=1S/C3H8O2.H2O3S.H2O/c1-2-3(4)5;1-4(2)3;/h3-5H,2H2,1H3;(H2,1,2,3);1H2. The molecule has 6 nitrogen and oxygen atoms in total. The number of hydrogen-bond acceptors (Lipinski definition) is 3. The van der Waals surface area contributed by atoms with Crippen LogP contribution in [0.3, 0.4) is 0 Å². The molecule has 0 saturated carbocycles. The normalized spacial score (nSPS) is 8.30. The van der Waals surface area contributed by atoms with Gasteiger partial charge in [-0.25, -0.2) is 0 Å². The molecule has 10 heavy (non-hydrogen) atoms. The van der Waals surface area contributed by atoms with Crippen molar-refractivity contribution in [1.29, 1.82) is 0 Å². The van der Waals surface area contributed by atoms with Crippen molar-refractivity contribution in [3.8, 4) is 0 Å². The Morgan fingerprint density at radius 1 is 1.40 bits per heavy atom. The van der Waals surface area contributed by atoms with Gasteiger partial charge < -0.3 is 15.7 Å². The summed E-state index contributed by atoms with van der Waals surface area (Å²) >= 11 is -2.61. The third-order valence-electron chi connectivity index (χ3n) is 0.365. The van der Waals surface area contributed by atoms with E-state index in [4.69, 9.17) is 23.5 Å². The summed E-state index contributed by atoms with van der Waals surface area (Å²) in [5.41, 5.74) is 0. The molecule has 66 valence electrons. The molecule has 0 fully saturated rings. The highest BCUT2D eigenvalue weighted by Crippen LogP contribution is 1.77. The topological polar surface area (TPSA) is 129 Å². The zero-order chi connectivity index (χ0) is 7.86. The molecule has 0 amide bonds. The van der Waals surface area contributed by atoms with E-state index in [0.29, 0.717) is 6.42 Å². The predicted molar refractivity (Wildman–Crippen MR) is 35.5 cm³/mol. The maximum atomic E-state index is 8.67. The van der Waals surface area contributed by atoms with E-state index in [1.807, 2.05) is 0 Å². The molecule has 0 atom stereocenters. The summed E-state index contributed by atoms with van der Waals surface area (Å²) < 4.78 is 22.8. The fourth-order valence-corrected chi connectivity index (χ4v) is 0. The summed E-state index contributed by atoms with van der Waals surface area (Å²) in [7, 11) is 0. The first-order valence-electron chi connectivity index (χ1n) is 2.16. The van der Waals surface area contributed by atoms with Crippen molar-refractivity contribution < 1.29 is 29.0 Å². The first kappa shape index (κ1) is 16.5. The maximum absolute atomic E-state index is 8.67. The number of hydrogen-bond donors (Lipinski definition) is 4. The third-order valence-corrected chi connectivity index (χ3v) is 0.365. The number of aliphatic hydroxyl groups is 2. The highest BCUT2D eigenvalue weighted by Gasteiger charge is 1.83. The van der Waals surface area contributed by atoms with Gasteiger partial charge in [-0.15, -0.1) is 0 Å². The summed E-state index contributed by atoms with van der Waals surface area (Å²) in [4.78, 5) is 0. The Morgan fingerprint density at radius 3 is 1.50 bits per heavy atom. The van der Waals surface area contributed by atoms with Crippen LogP contribution in [0.25, 0.3) is 0 Å². The molecule has 0 heterocycles. The first-order valence-corrected chi connectivity index (χ1v) is 3.23. The minimum Gasteiger partial charge on any atom is -0.412 e. The zero-order valence-electron chi connectivity index (χ0n) is 5.39. The molecule has 0 aliphatic heterocycles. The molecule has 0 rings (SSSR count). The minimum atomic E-state index is -2.61. The highest BCUT2D eigenvalue weighted by atomic mass is 32.2. The van der Waals surface area contributed by atoms with Gasteiger partial charge in [0.15, 0.2) is 6.29 Å². The number of rotatable bonds is 1. The van der Waals surface area contributed by atoms with Gasteiger partial charge in [-0.3, -0.25) is 9.11 Å². The average Bonchev–Trinajstić information content (AvgIpc) is 1.65. The van der Waals surface area contributed by atoms with Gasteiger partial charge in [0.1, 0.15) is 0 Å². The molecule has 7 heteroatoms. The van der Waals surface area contributed by atoms with Crippen molar-refractivity contribution >= 4 is 11.4 Å². The third kappa shape index (κ3) is 101. The first-order chi connectivity index (χ1) is 4.00. The van der Waals surface area contributed by atoms with E-state index in [9.17, 15) is 0 Å². The van der Waals surface area contributed by atoms with Crippen LogP contribution in [0.4, 0.5) is 0 Å². The van der Waals surface area contributed by atoms with E-state index < -0.39 is 17.7 Å². The molecular formula is C3H12O6S. The average molecular weight is 176 g/mol. The fourth-order valence-electron chi connectivity index (χ4n) is 0. The van der Waals surface area contributed by atoms with Gasteiger partial charge in [0, 0.05) is 0 Å². The molecule has 0 aromatic heterocycles. The van der Waals surface area contributed by atoms with Crippen LogP contribution < -0.4 is 0 Å². The van der Waals surface area contributed by atoms with Gasteiger partial charge in [-0.1, -0.05) is 6.92 Å². The molecule has 0 aromatic rings. The quantitative estimate of drug-likeness (QED) is 0.287. The summed E-state index contributed by atoms with van der Waals surface area (Å²) in [6.07, 6.45) is -0.699. The van der Waals surface area contributed by atoms with E-state index in [1.165, 1.54) is 0 Å². The van der Waals surface area contributed by atoms with Crippen molar-refractivity contribution in [2.45, 2.75) is 19.6 Å². The van der Waals surface area contributed by atoms with Crippen molar-refractivity contribution in [1.82, 2.24) is 0 Å². The van der Waals surface area contributed by atoms with Crippen LogP contribution in [0.15, 0.2) is 0 Å². The lowest BCUT2D eigenvalue weighted by molar-refractivity contribution is -0.0413. The molecule has 0 unspecified atom stereocenters. The van der Waals surface area contributed by atoms with Gasteiger partial charge in [0.05, 0.1) is 0 Å². The van der Waals surface area contributed by atoms with Crippen LogP contribution in [0.1, 0.15) is 13.3 Å². The van der Waals surface area contributed by atoms with Crippen molar-refractivity contribution in [3.05, 3.63) is 0 Å². The second kappa shape index (κ2) is 11.7. The minimum absolute atomic E-state index is 0. The van der Waals surface area contributed by atoms with Crippen LogP contribution in [0.2, 0.25) is 0 Å². The molecule has 0 aliphatic carbocycles. The summed E-state index contributed by atoms with van der Waals surface area (Å²) in [5.74, 6) is 0. The molecule has 0 aromatic carbocycles. The monoisotopic (exact) mass is 176 g/mol. The van der Waals surface area contributed by atoms with Crippen LogP contribution in [0.5, 0.6) is 0 Å². The Kier molecular flexibility index (Phi) is 19.3. The zero-order valence-corrected chi connectivity index (χ0v) is 6.21. The van der Waals surface area contributed by atoms with Gasteiger partial charge in [-0.2, -0.15) is 4.21 Å². The SMILES string of the molecule is CCC(O)O.O.O=S(O)O. The molecular weight excluding hydrogens is 164 g/mol. The van der Waals surface area contributed by atoms with Crippen LogP contribution >= 0.6 is 0 Å². The van der Waals surface area contributed by atoms with E-state index in [1.54, 1.807) is 6.92 Å². The molecule has 6 N–H and O–H groups in total. The molecule has 0 saturated heterocycles. The Morgan fingerprint density at radius 2 is 1.50 bits per heavy atom. The number of aliphatic hydroxyl groups excluding tert-OH is 1. The van der Waals surface area contributed by atoms with Gasteiger partial charge in [0.25, 0.3) is 11.4 Å². The molecule has 0 aliphatic rings. The van der Waals surface area contributed by atoms with Gasteiger partial charge in [-0.05, 0) is 6.42 Å². The second-order valence-corrected chi connectivity index (χ2v) is 1.58. The van der Waals surface area contributed by atoms with Crippen molar-refractivity contribution in [2.24, 2.45) is 0 Å². The van der Waals surface area contributed by atoms with Gasteiger partial charge >= 0.3 is 0 Å². The summed E-state index contributed by atoms with van der Waals surface area (Å²) in [6.45, 7) is 1.70. The molecule has 0 spiro atoms. The molecule has 0 bridgehead atoms. The Balaban J connectivity index is -0.0000000910. The van der Waals surface area contributed by atoms with E-state index in [-0.39, 0.29) is 5.48 Å². The van der Waals surface area contributed by atoms with Crippen molar-refractivity contribution in [3.63, 3.8) is 0 Å². The highest BCUT2D eigenvalue weighted by molar-refractivity contribution is 7.73. The lowest BCUT2D eigenvalue weighted by Gasteiger charge is -1.90.